The summed E-state index contributed by atoms with van der Waals surface area (Å²) in [7, 11) is 0. The highest BCUT2D eigenvalue weighted by molar-refractivity contribution is 5.88. The van der Waals surface area contributed by atoms with Gasteiger partial charge in [0.25, 0.3) is 0 Å². The van der Waals surface area contributed by atoms with Crippen LogP contribution in [-0.2, 0) is 5.54 Å². The third-order valence-electron chi connectivity index (χ3n) is 5.12. The highest BCUT2D eigenvalue weighted by Gasteiger charge is 2.29. The average molecular weight is 370 g/mol. The minimum absolute atomic E-state index is 0.104. The van der Waals surface area contributed by atoms with Gasteiger partial charge in [-0.2, -0.15) is 5.10 Å². The number of amides is 2. The second-order valence-electron chi connectivity index (χ2n) is 8.36. The van der Waals surface area contributed by atoms with E-state index in [-0.39, 0.29) is 17.5 Å². The Balaban J connectivity index is 1.59. The summed E-state index contributed by atoms with van der Waals surface area (Å²) in [5.41, 5.74) is 1.62. The SMILES string of the molecule is Cc1cc(NC(=O)N2CCC([C@@H](O)c3ccccc3)CC2)n(C(C)(C)C)n1. The number of nitrogens with zero attached hydrogens (tertiary/aromatic N) is 3. The van der Waals surface area contributed by atoms with Gasteiger partial charge in [0, 0.05) is 19.2 Å². The van der Waals surface area contributed by atoms with Gasteiger partial charge >= 0.3 is 6.03 Å². The Morgan fingerprint density at radius 2 is 1.85 bits per heavy atom. The second kappa shape index (κ2) is 7.72. The maximum absolute atomic E-state index is 12.7. The monoisotopic (exact) mass is 370 g/mol. The fraction of sp³-hybridized carbons (Fsp3) is 0.524. The van der Waals surface area contributed by atoms with E-state index in [9.17, 15) is 9.90 Å². The van der Waals surface area contributed by atoms with Crippen molar-refractivity contribution in [2.75, 3.05) is 18.4 Å². The molecule has 1 aliphatic rings. The first-order valence-corrected chi connectivity index (χ1v) is 9.62. The third kappa shape index (κ3) is 4.50. The van der Waals surface area contributed by atoms with Crippen LogP contribution < -0.4 is 5.32 Å². The van der Waals surface area contributed by atoms with E-state index in [4.69, 9.17) is 0 Å². The number of likely N-dealkylation sites (tertiary alicyclic amines) is 1. The number of anilines is 1. The Bertz CT molecular complexity index is 771. The van der Waals surface area contributed by atoms with Crippen molar-refractivity contribution in [3.05, 3.63) is 47.7 Å². The smallest absolute Gasteiger partial charge is 0.322 e. The number of aliphatic hydroxyl groups excluding tert-OH is 1. The van der Waals surface area contributed by atoms with Gasteiger partial charge in [-0.25, -0.2) is 9.48 Å². The predicted octanol–water partition coefficient (Wildman–Crippen LogP) is 3.92. The number of piperidine rings is 1. The van der Waals surface area contributed by atoms with Crippen molar-refractivity contribution in [2.45, 2.75) is 52.2 Å². The number of urea groups is 1. The van der Waals surface area contributed by atoms with Crippen molar-refractivity contribution in [1.29, 1.82) is 0 Å². The van der Waals surface area contributed by atoms with E-state index in [1.807, 2.05) is 52.9 Å². The van der Waals surface area contributed by atoms with Crippen molar-refractivity contribution in [3.63, 3.8) is 0 Å². The number of aliphatic hydroxyl groups is 1. The van der Waals surface area contributed by atoms with Crippen LogP contribution in [0.5, 0.6) is 0 Å². The number of aryl methyl sites for hydroxylation is 1. The van der Waals surface area contributed by atoms with Gasteiger partial charge in [0.1, 0.15) is 5.82 Å². The van der Waals surface area contributed by atoms with E-state index in [0.29, 0.717) is 13.1 Å². The fourth-order valence-corrected chi connectivity index (χ4v) is 3.63. The zero-order valence-electron chi connectivity index (χ0n) is 16.6. The molecular weight excluding hydrogens is 340 g/mol. The normalized spacial score (nSPS) is 17.0. The van der Waals surface area contributed by atoms with Gasteiger partial charge in [0.15, 0.2) is 0 Å². The maximum atomic E-state index is 12.7. The molecule has 0 saturated carbocycles. The Morgan fingerprint density at radius 3 is 2.44 bits per heavy atom. The molecule has 0 radical (unpaired) electrons. The molecule has 1 aromatic carbocycles. The lowest BCUT2D eigenvalue weighted by atomic mass is 9.87. The molecule has 1 saturated heterocycles. The molecule has 0 aliphatic carbocycles. The fourth-order valence-electron chi connectivity index (χ4n) is 3.63. The van der Waals surface area contributed by atoms with Crippen LogP contribution in [0.25, 0.3) is 0 Å². The van der Waals surface area contributed by atoms with Gasteiger partial charge in [-0.1, -0.05) is 30.3 Å². The van der Waals surface area contributed by atoms with Gasteiger partial charge < -0.3 is 10.0 Å². The number of carbonyl (C=O) groups excluding carboxylic acids is 1. The summed E-state index contributed by atoms with van der Waals surface area (Å²) < 4.78 is 1.85. The molecule has 1 aromatic heterocycles. The predicted molar refractivity (Wildman–Crippen MR) is 107 cm³/mol. The van der Waals surface area contributed by atoms with Crippen molar-refractivity contribution in [3.8, 4) is 0 Å². The molecule has 0 bridgehead atoms. The number of hydrogen-bond donors (Lipinski definition) is 2. The van der Waals surface area contributed by atoms with Crippen molar-refractivity contribution >= 4 is 11.8 Å². The topological polar surface area (TPSA) is 70.4 Å². The quantitative estimate of drug-likeness (QED) is 0.860. The molecule has 1 atom stereocenters. The van der Waals surface area contributed by atoms with Crippen LogP contribution in [0, 0.1) is 12.8 Å². The molecular formula is C21H30N4O2. The summed E-state index contributed by atoms with van der Waals surface area (Å²) in [5, 5.41) is 18.1. The summed E-state index contributed by atoms with van der Waals surface area (Å²) in [6, 6.07) is 11.6. The lowest BCUT2D eigenvalue weighted by Crippen LogP contribution is -2.42. The molecule has 3 rings (SSSR count). The zero-order chi connectivity index (χ0) is 19.6. The highest BCUT2D eigenvalue weighted by Crippen LogP contribution is 2.31. The van der Waals surface area contributed by atoms with E-state index < -0.39 is 6.10 Å². The first-order chi connectivity index (χ1) is 12.8. The molecule has 1 aliphatic heterocycles. The molecule has 6 heteroatoms. The van der Waals surface area contributed by atoms with Crippen LogP contribution in [0.4, 0.5) is 10.6 Å². The Morgan fingerprint density at radius 1 is 1.22 bits per heavy atom. The van der Waals surface area contributed by atoms with E-state index in [0.717, 1.165) is 29.9 Å². The molecule has 27 heavy (non-hydrogen) atoms. The van der Waals surface area contributed by atoms with E-state index in [1.54, 1.807) is 0 Å². The maximum Gasteiger partial charge on any atom is 0.322 e. The summed E-state index contributed by atoms with van der Waals surface area (Å²) in [5.74, 6) is 0.898. The van der Waals surface area contributed by atoms with Crippen molar-refractivity contribution < 1.29 is 9.90 Å². The molecule has 2 heterocycles. The Kier molecular flexibility index (Phi) is 5.56. The lowest BCUT2D eigenvalue weighted by Gasteiger charge is -2.34. The van der Waals surface area contributed by atoms with Crippen LogP contribution in [0.1, 0.15) is 51.0 Å². The molecule has 0 unspecified atom stereocenters. The minimum atomic E-state index is -0.471. The Hall–Kier alpha value is -2.34. The number of benzene rings is 1. The highest BCUT2D eigenvalue weighted by atomic mass is 16.3. The van der Waals surface area contributed by atoms with Crippen molar-refractivity contribution in [1.82, 2.24) is 14.7 Å². The number of aromatic nitrogens is 2. The van der Waals surface area contributed by atoms with E-state index >= 15 is 0 Å². The van der Waals surface area contributed by atoms with Gasteiger partial charge in [0.2, 0.25) is 0 Å². The molecule has 2 aromatic rings. The summed E-state index contributed by atoms with van der Waals surface area (Å²) in [6.07, 6.45) is 1.11. The second-order valence-corrected chi connectivity index (χ2v) is 8.36. The van der Waals surface area contributed by atoms with Gasteiger partial charge in [-0.15, -0.1) is 0 Å². The number of hydrogen-bond acceptors (Lipinski definition) is 3. The van der Waals surface area contributed by atoms with Gasteiger partial charge in [0.05, 0.1) is 17.3 Å². The molecule has 6 nitrogen and oxygen atoms in total. The summed E-state index contributed by atoms with van der Waals surface area (Å²) in [6.45, 7) is 9.39. The third-order valence-corrected chi connectivity index (χ3v) is 5.12. The number of carbonyl (C=O) groups is 1. The molecule has 146 valence electrons. The van der Waals surface area contributed by atoms with Crippen LogP contribution in [0.2, 0.25) is 0 Å². The summed E-state index contributed by atoms with van der Waals surface area (Å²) in [4.78, 5) is 14.5. The molecule has 2 N–H and O–H groups in total. The van der Waals surface area contributed by atoms with Gasteiger partial charge in [-0.05, 0) is 52.0 Å². The lowest BCUT2D eigenvalue weighted by molar-refractivity contribution is 0.0683. The summed E-state index contributed by atoms with van der Waals surface area (Å²) >= 11 is 0. The van der Waals surface area contributed by atoms with Crippen LogP contribution in [-0.4, -0.2) is 38.9 Å². The Labute approximate surface area is 161 Å². The largest absolute Gasteiger partial charge is 0.388 e. The van der Waals surface area contributed by atoms with Crippen LogP contribution in [0.3, 0.4) is 0 Å². The number of rotatable bonds is 3. The minimum Gasteiger partial charge on any atom is -0.388 e. The molecule has 2 amide bonds. The van der Waals surface area contributed by atoms with Crippen molar-refractivity contribution in [2.24, 2.45) is 5.92 Å². The van der Waals surface area contributed by atoms with E-state index in [2.05, 4.69) is 31.2 Å². The van der Waals surface area contributed by atoms with Crippen LogP contribution in [0.15, 0.2) is 36.4 Å². The zero-order valence-corrected chi connectivity index (χ0v) is 16.6. The molecule has 1 fully saturated rings. The standard InChI is InChI=1S/C21H30N4O2/c1-15-14-18(25(23-15)21(2,3)4)22-20(27)24-12-10-17(11-13-24)19(26)16-8-6-5-7-9-16/h5-9,14,17,19,26H,10-13H2,1-4H3,(H,22,27)/t19-/m0/s1. The molecule has 0 spiro atoms. The van der Waals surface area contributed by atoms with E-state index in [1.165, 1.54) is 0 Å². The first kappa shape index (κ1) is 19.4. The first-order valence-electron chi connectivity index (χ1n) is 9.62. The average Bonchev–Trinajstić information content (AvgIpc) is 3.02. The van der Waals surface area contributed by atoms with Gasteiger partial charge in [-0.3, -0.25) is 5.32 Å². The number of nitrogens with one attached hydrogen (secondary N) is 1. The van der Waals surface area contributed by atoms with Crippen LogP contribution >= 0.6 is 0 Å².